The number of alkyl halides is 3. The SMILES string of the molecule is CCC(C#N)N1CCN(CCC(F)(F)F)CC1. The molecule has 1 saturated heterocycles. The van der Waals surface area contributed by atoms with Crippen molar-refractivity contribution in [2.24, 2.45) is 0 Å². The molecule has 0 N–H and O–H groups in total. The molecule has 0 spiro atoms. The summed E-state index contributed by atoms with van der Waals surface area (Å²) in [5.41, 5.74) is 0. The summed E-state index contributed by atoms with van der Waals surface area (Å²) in [4.78, 5) is 3.86. The van der Waals surface area contributed by atoms with E-state index in [-0.39, 0.29) is 12.6 Å². The minimum Gasteiger partial charge on any atom is -0.300 e. The van der Waals surface area contributed by atoms with Crippen LogP contribution in [0.2, 0.25) is 0 Å². The van der Waals surface area contributed by atoms with Gasteiger partial charge in [-0.2, -0.15) is 18.4 Å². The molecule has 0 saturated carbocycles. The van der Waals surface area contributed by atoms with Crippen molar-refractivity contribution in [2.75, 3.05) is 32.7 Å². The highest BCUT2D eigenvalue weighted by molar-refractivity contribution is 4.92. The van der Waals surface area contributed by atoms with Gasteiger partial charge in [0.1, 0.15) is 0 Å². The Balaban J connectivity index is 2.29. The van der Waals surface area contributed by atoms with E-state index in [4.69, 9.17) is 5.26 Å². The molecule has 1 heterocycles. The van der Waals surface area contributed by atoms with Gasteiger partial charge in [0.25, 0.3) is 0 Å². The molecule has 1 fully saturated rings. The first-order valence-corrected chi connectivity index (χ1v) is 5.89. The quantitative estimate of drug-likeness (QED) is 0.762. The summed E-state index contributed by atoms with van der Waals surface area (Å²) in [6.07, 6.45) is -4.06. The number of nitrogens with zero attached hydrogens (tertiary/aromatic N) is 3. The van der Waals surface area contributed by atoms with Gasteiger partial charge >= 0.3 is 6.18 Å². The zero-order valence-corrected chi connectivity index (χ0v) is 10.0. The Hall–Kier alpha value is -0.800. The van der Waals surface area contributed by atoms with Gasteiger partial charge in [-0.3, -0.25) is 4.90 Å². The van der Waals surface area contributed by atoms with E-state index in [9.17, 15) is 13.2 Å². The van der Waals surface area contributed by atoms with Gasteiger partial charge in [-0.1, -0.05) is 6.92 Å². The number of nitriles is 1. The van der Waals surface area contributed by atoms with Crippen molar-refractivity contribution in [3.05, 3.63) is 0 Å². The molecule has 1 unspecified atom stereocenters. The van der Waals surface area contributed by atoms with Gasteiger partial charge < -0.3 is 4.90 Å². The average Bonchev–Trinajstić information content (AvgIpc) is 2.29. The molecule has 0 aromatic carbocycles. The average molecular weight is 249 g/mol. The third-order valence-electron chi connectivity index (χ3n) is 3.09. The van der Waals surface area contributed by atoms with Crippen LogP contribution in [0.5, 0.6) is 0 Å². The van der Waals surface area contributed by atoms with Gasteiger partial charge in [-0.05, 0) is 6.42 Å². The van der Waals surface area contributed by atoms with Gasteiger partial charge in [-0.25, -0.2) is 0 Å². The maximum atomic E-state index is 12.0. The lowest BCUT2D eigenvalue weighted by atomic mass is 10.2. The van der Waals surface area contributed by atoms with E-state index in [1.165, 1.54) is 0 Å². The summed E-state index contributed by atoms with van der Waals surface area (Å²) in [5, 5.41) is 8.90. The lowest BCUT2D eigenvalue weighted by Gasteiger charge is -2.36. The summed E-state index contributed by atoms with van der Waals surface area (Å²) in [7, 11) is 0. The lowest BCUT2D eigenvalue weighted by molar-refractivity contribution is -0.138. The van der Waals surface area contributed by atoms with E-state index in [0.717, 1.165) is 6.42 Å². The minimum absolute atomic E-state index is 0.0701. The Bertz CT molecular complexity index is 264. The predicted molar refractivity (Wildman–Crippen MR) is 58.4 cm³/mol. The van der Waals surface area contributed by atoms with Crippen molar-refractivity contribution < 1.29 is 13.2 Å². The normalized spacial score (nSPS) is 21.1. The van der Waals surface area contributed by atoms with Crippen molar-refractivity contribution in [1.82, 2.24) is 9.80 Å². The van der Waals surface area contributed by atoms with Crippen LogP contribution in [0.15, 0.2) is 0 Å². The van der Waals surface area contributed by atoms with Crippen molar-refractivity contribution in [3.63, 3.8) is 0 Å². The van der Waals surface area contributed by atoms with Crippen molar-refractivity contribution >= 4 is 0 Å². The second-order valence-corrected chi connectivity index (χ2v) is 4.30. The van der Waals surface area contributed by atoms with Gasteiger partial charge in [0.15, 0.2) is 0 Å². The molecule has 0 bridgehead atoms. The maximum absolute atomic E-state index is 12.0. The molecule has 1 aliphatic rings. The summed E-state index contributed by atoms with van der Waals surface area (Å²) < 4.78 is 36.1. The Morgan fingerprint density at radius 2 is 1.82 bits per heavy atom. The van der Waals surface area contributed by atoms with Crippen molar-refractivity contribution in [2.45, 2.75) is 32.0 Å². The third kappa shape index (κ3) is 4.92. The van der Waals surface area contributed by atoms with Crippen LogP contribution in [0.4, 0.5) is 13.2 Å². The molecule has 0 aromatic rings. The predicted octanol–water partition coefficient (Wildman–Crippen LogP) is 1.86. The molecular weight excluding hydrogens is 231 g/mol. The number of hydrogen-bond acceptors (Lipinski definition) is 3. The van der Waals surface area contributed by atoms with Crippen LogP contribution in [-0.2, 0) is 0 Å². The topological polar surface area (TPSA) is 30.3 Å². The molecule has 1 rings (SSSR count). The van der Waals surface area contributed by atoms with Crippen LogP contribution < -0.4 is 0 Å². The van der Waals surface area contributed by atoms with E-state index in [0.29, 0.717) is 26.2 Å². The second-order valence-electron chi connectivity index (χ2n) is 4.30. The molecule has 1 atom stereocenters. The standard InChI is InChI=1S/C11H18F3N3/c1-2-10(9-15)17-7-5-16(6-8-17)4-3-11(12,13)14/h10H,2-8H2,1H3. The smallest absolute Gasteiger partial charge is 0.300 e. The Kier molecular flexibility index (Phi) is 5.22. The third-order valence-corrected chi connectivity index (χ3v) is 3.09. The van der Waals surface area contributed by atoms with Crippen LogP contribution in [0, 0.1) is 11.3 Å². The number of halogens is 3. The monoisotopic (exact) mass is 249 g/mol. The maximum Gasteiger partial charge on any atom is 0.390 e. The minimum atomic E-state index is -4.07. The zero-order valence-electron chi connectivity index (χ0n) is 10.0. The van der Waals surface area contributed by atoms with Crippen molar-refractivity contribution in [1.29, 1.82) is 5.26 Å². The number of piperazine rings is 1. The van der Waals surface area contributed by atoms with E-state index in [2.05, 4.69) is 6.07 Å². The largest absolute Gasteiger partial charge is 0.390 e. The molecule has 3 nitrogen and oxygen atoms in total. The summed E-state index contributed by atoms with van der Waals surface area (Å²) in [6.45, 7) is 4.63. The fourth-order valence-corrected chi connectivity index (χ4v) is 2.01. The first-order chi connectivity index (χ1) is 7.96. The summed E-state index contributed by atoms with van der Waals surface area (Å²) in [5.74, 6) is 0. The van der Waals surface area contributed by atoms with Crippen LogP contribution in [-0.4, -0.2) is 54.7 Å². The van der Waals surface area contributed by atoms with E-state index in [1.54, 1.807) is 0 Å². The molecule has 0 aromatic heterocycles. The van der Waals surface area contributed by atoms with Crippen LogP contribution in [0.25, 0.3) is 0 Å². The second kappa shape index (κ2) is 6.22. The van der Waals surface area contributed by atoms with Crippen LogP contribution in [0.3, 0.4) is 0 Å². The summed E-state index contributed by atoms with van der Waals surface area (Å²) >= 11 is 0. The Morgan fingerprint density at radius 3 is 2.24 bits per heavy atom. The highest BCUT2D eigenvalue weighted by atomic mass is 19.4. The molecule has 17 heavy (non-hydrogen) atoms. The fourth-order valence-electron chi connectivity index (χ4n) is 2.01. The molecule has 6 heteroatoms. The lowest BCUT2D eigenvalue weighted by Crippen LogP contribution is -2.50. The highest BCUT2D eigenvalue weighted by Crippen LogP contribution is 2.20. The van der Waals surface area contributed by atoms with Crippen molar-refractivity contribution in [3.8, 4) is 6.07 Å². The van der Waals surface area contributed by atoms with E-state index in [1.807, 2.05) is 16.7 Å². The highest BCUT2D eigenvalue weighted by Gasteiger charge is 2.29. The Labute approximate surface area is 99.8 Å². The van der Waals surface area contributed by atoms with Gasteiger partial charge in [0.2, 0.25) is 0 Å². The first-order valence-electron chi connectivity index (χ1n) is 5.89. The molecule has 0 amide bonds. The molecule has 1 aliphatic heterocycles. The molecule has 98 valence electrons. The van der Waals surface area contributed by atoms with Gasteiger partial charge in [0, 0.05) is 32.7 Å². The van der Waals surface area contributed by atoms with E-state index < -0.39 is 12.6 Å². The molecular formula is C11H18F3N3. The van der Waals surface area contributed by atoms with Crippen LogP contribution in [0.1, 0.15) is 19.8 Å². The first kappa shape index (κ1) is 14.3. The van der Waals surface area contributed by atoms with E-state index >= 15 is 0 Å². The zero-order chi connectivity index (χ0) is 12.9. The van der Waals surface area contributed by atoms with Gasteiger partial charge in [-0.15, -0.1) is 0 Å². The number of rotatable bonds is 4. The summed E-state index contributed by atoms with van der Waals surface area (Å²) in [6, 6.07) is 2.12. The fraction of sp³-hybridized carbons (Fsp3) is 0.909. The van der Waals surface area contributed by atoms with Gasteiger partial charge in [0.05, 0.1) is 18.5 Å². The molecule has 0 aliphatic carbocycles. The molecule has 0 radical (unpaired) electrons. The van der Waals surface area contributed by atoms with Crippen LogP contribution >= 0.6 is 0 Å². The Morgan fingerprint density at radius 1 is 1.24 bits per heavy atom. The number of hydrogen-bond donors (Lipinski definition) is 0.